The standard InChI is InChI=1S/C26H44NO7PS2/c1-20-11-9-12-21(27(20)24(30)34-25(2,3)4)19-22(29)23(35(31,32-5)33-6)13-15-26(14-7-8-16-28)36-17-10-18-37-26/h13,16,20-21H,7-12,14-15,17-19H2,1-6H3/b23-13-/t20-,21-/m0/s1. The summed E-state index contributed by atoms with van der Waals surface area (Å²) < 4.78 is 29.5. The fourth-order valence-corrected chi connectivity index (χ4v) is 9.36. The fourth-order valence-electron chi connectivity index (χ4n) is 4.79. The highest BCUT2D eigenvalue weighted by Crippen LogP contribution is 2.57. The zero-order chi connectivity index (χ0) is 27.7. The molecule has 0 saturated carbocycles. The number of ketones is 1. The summed E-state index contributed by atoms with van der Waals surface area (Å²) >= 11 is 3.67. The summed E-state index contributed by atoms with van der Waals surface area (Å²) in [6.07, 6.45) is 8.31. The predicted molar refractivity (Wildman–Crippen MR) is 151 cm³/mol. The molecule has 0 bridgehead atoms. The lowest BCUT2D eigenvalue weighted by atomic mass is 9.93. The second-order valence-corrected chi connectivity index (χ2v) is 16.0. The van der Waals surface area contributed by atoms with Crippen LogP contribution in [0.25, 0.3) is 0 Å². The highest BCUT2D eigenvalue weighted by Gasteiger charge is 2.40. The molecule has 1 amide bonds. The highest BCUT2D eigenvalue weighted by atomic mass is 32.2. The molecule has 2 rings (SSSR count). The first-order valence-electron chi connectivity index (χ1n) is 13.1. The summed E-state index contributed by atoms with van der Waals surface area (Å²) in [6.45, 7) is 7.42. The smallest absolute Gasteiger partial charge is 0.410 e. The molecule has 0 radical (unpaired) electrons. The molecule has 0 aromatic carbocycles. The van der Waals surface area contributed by atoms with E-state index in [1.807, 2.05) is 51.2 Å². The number of allylic oxidation sites excluding steroid dienone is 2. The van der Waals surface area contributed by atoms with Gasteiger partial charge in [0.05, 0.1) is 4.08 Å². The normalized spacial score (nSPS) is 23.0. The summed E-state index contributed by atoms with van der Waals surface area (Å²) in [4.78, 5) is 39.3. The molecule has 0 N–H and O–H groups in total. The van der Waals surface area contributed by atoms with Crippen LogP contribution < -0.4 is 0 Å². The van der Waals surface area contributed by atoms with Gasteiger partial charge in [0, 0.05) is 39.1 Å². The van der Waals surface area contributed by atoms with Crippen LogP contribution >= 0.6 is 31.1 Å². The van der Waals surface area contributed by atoms with Crippen LogP contribution in [-0.4, -0.2) is 70.6 Å². The van der Waals surface area contributed by atoms with Crippen LogP contribution in [0.4, 0.5) is 4.79 Å². The van der Waals surface area contributed by atoms with Gasteiger partial charge in [-0.25, -0.2) is 4.79 Å². The zero-order valence-electron chi connectivity index (χ0n) is 23.2. The maximum atomic E-state index is 13.7. The Morgan fingerprint density at radius 3 is 2.32 bits per heavy atom. The van der Waals surface area contributed by atoms with E-state index in [4.69, 9.17) is 13.8 Å². The Bertz CT molecular complexity index is 859. The van der Waals surface area contributed by atoms with E-state index in [2.05, 4.69) is 0 Å². The Labute approximate surface area is 230 Å². The van der Waals surface area contributed by atoms with E-state index in [0.29, 0.717) is 19.3 Å². The molecule has 2 fully saturated rings. The lowest BCUT2D eigenvalue weighted by Gasteiger charge is -2.41. The molecular weight excluding hydrogens is 533 g/mol. The van der Waals surface area contributed by atoms with Crippen LogP contribution in [0.5, 0.6) is 0 Å². The Morgan fingerprint density at radius 2 is 1.76 bits per heavy atom. The number of amides is 1. The van der Waals surface area contributed by atoms with Gasteiger partial charge >= 0.3 is 13.7 Å². The van der Waals surface area contributed by atoms with Gasteiger partial charge in [-0.1, -0.05) is 6.08 Å². The van der Waals surface area contributed by atoms with Crippen LogP contribution in [0.1, 0.15) is 85.5 Å². The first-order chi connectivity index (χ1) is 17.4. The van der Waals surface area contributed by atoms with Crippen molar-refractivity contribution in [1.82, 2.24) is 4.90 Å². The molecule has 11 heteroatoms. The van der Waals surface area contributed by atoms with Crippen molar-refractivity contribution in [1.29, 1.82) is 0 Å². The van der Waals surface area contributed by atoms with Crippen LogP contribution in [0.3, 0.4) is 0 Å². The number of aldehydes is 1. The molecule has 212 valence electrons. The van der Waals surface area contributed by atoms with E-state index >= 15 is 0 Å². The third-order valence-electron chi connectivity index (χ3n) is 6.62. The fraction of sp³-hybridized carbons (Fsp3) is 0.808. The summed E-state index contributed by atoms with van der Waals surface area (Å²) in [6, 6.07) is -0.432. The highest BCUT2D eigenvalue weighted by molar-refractivity contribution is 8.18. The minimum atomic E-state index is -3.83. The number of piperidine rings is 1. The van der Waals surface area contributed by atoms with Gasteiger partial charge in [-0.15, -0.1) is 23.5 Å². The van der Waals surface area contributed by atoms with Gasteiger partial charge in [-0.05, 0) is 84.1 Å². The molecule has 2 aliphatic heterocycles. The van der Waals surface area contributed by atoms with Gasteiger partial charge in [-0.2, -0.15) is 0 Å². The number of hydrogen-bond acceptors (Lipinski definition) is 9. The molecule has 0 aliphatic carbocycles. The molecular formula is C26H44NO7PS2. The molecule has 37 heavy (non-hydrogen) atoms. The van der Waals surface area contributed by atoms with Crippen molar-refractivity contribution in [2.75, 3.05) is 25.7 Å². The Kier molecular flexibility index (Phi) is 12.7. The van der Waals surface area contributed by atoms with E-state index in [1.165, 1.54) is 14.2 Å². The van der Waals surface area contributed by atoms with Gasteiger partial charge in [0.25, 0.3) is 0 Å². The molecule has 0 aromatic heterocycles. The Morgan fingerprint density at radius 1 is 1.11 bits per heavy atom. The average molecular weight is 578 g/mol. The third-order valence-corrected chi connectivity index (χ3v) is 12.1. The largest absolute Gasteiger partial charge is 0.444 e. The lowest BCUT2D eigenvalue weighted by molar-refractivity contribution is -0.116. The average Bonchev–Trinajstić information content (AvgIpc) is 2.83. The van der Waals surface area contributed by atoms with Gasteiger partial charge in [0.2, 0.25) is 0 Å². The van der Waals surface area contributed by atoms with Gasteiger partial charge in [0.1, 0.15) is 17.2 Å². The first-order valence-corrected chi connectivity index (χ1v) is 16.6. The number of ether oxygens (including phenoxy) is 1. The second-order valence-electron chi connectivity index (χ2n) is 10.6. The maximum absolute atomic E-state index is 13.7. The van der Waals surface area contributed by atoms with Crippen molar-refractivity contribution in [2.24, 2.45) is 0 Å². The third kappa shape index (κ3) is 9.41. The number of likely N-dealkylation sites (tertiary alicyclic amines) is 1. The number of rotatable bonds is 12. The number of thioether (sulfide) groups is 2. The van der Waals surface area contributed by atoms with E-state index in [0.717, 1.165) is 49.9 Å². The topological polar surface area (TPSA) is 99.2 Å². The Hall–Kier alpha value is -0.800. The SMILES string of the molecule is COP(=O)(OC)/C(=C\CC1(CCCC=O)SCCCS1)C(=O)C[C@@H]1CCC[C@H](C)N1C(=O)OC(C)(C)C. The van der Waals surface area contributed by atoms with Crippen molar-refractivity contribution in [3.05, 3.63) is 11.4 Å². The number of carbonyl (C=O) groups is 3. The first kappa shape index (κ1) is 32.4. The number of Topliss-reactive ketones (excluding diaryl/α,β-unsaturated/α-hetero) is 1. The van der Waals surface area contributed by atoms with E-state index in [1.54, 1.807) is 11.0 Å². The molecule has 2 atom stereocenters. The summed E-state index contributed by atoms with van der Waals surface area (Å²) in [7, 11) is -1.27. The van der Waals surface area contributed by atoms with Gasteiger partial charge < -0.3 is 23.5 Å². The molecule has 0 aromatic rings. The van der Waals surface area contributed by atoms with Crippen LogP contribution in [0, 0.1) is 0 Å². The van der Waals surface area contributed by atoms with Gasteiger partial charge in [0.15, 0.2) is 5.78 Å². The monoisotopic (exact) mass is 577 g/mol. The van der Waals surface area contributed by atoms with E-state index in [-0.39, 0.29) is 33.7 Å². The van der Waals surface area contributed by atoms with Crippen molar-refractivity contribution in [3.63, 3.8) is 0 Å². The van der Waals surface area contributed by atoms with Crippen molar-refractivity contribution < 1.29 is 32.7 Å². The van der Waals surface area contributed by atoms with Gasteiger partial charge in [-0.3, -0.25) is 9.36 Å². The second kappa shape index (κ2) is 14.5. The number of carbonyl (C=O) groups excluding carboxylic acids is 3. The summed E-state index contributed by atoms with van der Waals surface area (Å²) in [5.74, 6) is 1.67. The number of hydrogen-bond donors (Lipinski definition) is 0. The molecule has 2 aliphatic rings. The molecule has 0 unspecified atom stereocenters. The number of unbranched alkanes of at least 4 members (excludes halogenated alkanes) is 1. The van der Waals surface area contributed by atoms with Crippen molar-refractivity contribution >= 4 is 49.3 Å². The molecule has 8 nitrogen and oxygen atoms in total. The zero-order valence-corrected chi connectivity index (χ0v) is 25.7. The van der Waals surface area contributed by atoms with Crippen molar-refractivity contribution in [2.45, 2.75) is 107 Å². The Balaban J connectivity index is 2.33. The number of nitrogens with zero attached hydrogens (tertiary/aromatic N) is 1. The summed E-state index contributed by atoms with van der Waals surface area (Å²) in [5.41, 5.74) is -0.650. The van der Waals surface area contributed by atoms with E-state index < -0.39 is 19.3 Å². The summed E-state index contributed by atoms with van der Waals surface area (Å²) in [5, 5.41) is 0.0430. The molecule has 0 spiro atoms. The minimum absolute atomic E-state index is 0.0184. The van der Waals surface area contributed by atoms with Crippen LogP contribution in [-0.2, 0) is 27.9 Å². The minimum Gasteiger partial charge on any atom is -0.444 e. The van der Waals surface area contributed by atoms with E-state index in [9.17, 15) is 18.9 Å². The van der Waals surface area contributed by atoms with Crippen molar-refractivity contribution in [3.8, 4) is 0 Å². The molecule has 2 heterocycles. The van der Waals surface area contributed by atoms with Crippen LogP contribution in [0.15, 0.2) is 11.4 Å². The molecule has 2 saturated heterocycles. The predicted octanol–water partition coefficient (Wildman–Crippen LogP) is 6.82. The van der Waals surface area contributed by atoms with Crippen LogP contribution in [0.2, 0.25) is 0 Å². The lowest BCUT2D eigenvalue weighted by Crippen LogP contribution is -2.51. The maximum Gasteiger partial charge on any atom is 0.410 e. The quantitative estimate of drug-likeness (QED) is 0.107.